The van der Waals surface area contributed by atoms with E-state index >= 15 is 0 Å². The summed E-state index contributed by atoms with van der Waals surface area (Å²) in [5.74, 6) is 1.87. The third-order valence-corrected chi connectivity index (χ3v) is 7.30. The molecule has 2 aromatic carbocycles. The number of amides is 1. The van der Waals surface area contributed by atoms with Crippen LogP contribution in [-0.4, -0.2) is 32.6 Å². The molecule has 0 unspecified atom stereocenters. The minimum Gasteiger partial charge on any atom is -0.489 e. The molecule has 4 aromatic rings. The first-order chi connectivity index (χ1) is 18.4. The smallest absolute Gasteiger partial charge is 0.223 e. The monoisotopic (exact) mass is 514 g/mol. The van der Waals surface area contributed by atoms with Crippen molar-refractivity contribution in [3.8, 4) is 5.75 Å². The number of fused-ring (bicyclic) bond motifs is 3. The number of hydrogen-bond acceptors (Lipinski definition) is 5. The van der Waals surface area contributed by atoms with Crippen LogP contribution < -0.4 is 10.1 Å². The fourth-order valence-corrected chi connectivity index (χ4v) is 5.38. The van der Waals surface area contributed by atoms with E-state index in [1.165, 1.54) is 6.42 Å². The second-order valence-electron chi connectivity index (χ2n) is 10.9. The maximum atomic E-state index is 13.1. The van der Waals surface area contributed by atoms with E-state index < -0.39 is 5.54 Å². The molecule has 0 radical (unpaired) electrons. The number of nitrogens with one attached hydrogen (secondary N) is 1. The lowest BCUT2D eigenvalue weighted by Crippen LogP contribution is -2.49. The molecular weight excluding hydrogens is 476 g/mol. The van der Waals surface area contributed by atoms with Crippen LogP contribution in [0.15, 0.2) is 54.7 Å². The summed E-state index contributed by atoms with van der Waals surface area (Å²) in [5.41, 5.74) is 3.30. The Kier molecular flexibility index (Phi) is 7.93. The number of pyridine rings is 1. The largest absolute Gasteiger partial charge is 0.489 e. The molecule has 0 aliphatic heterocycles. The molecule has 5 rings (SSSR count). The fraction of sp³-hybridized carbons (Fsp3) is 0.452. The molecule has 200 valence electrons. The second kappa shape index (κ2) is 11.5. The van der Waals surface area contributed by atoms with Crippen LogP contribution in [-0.2, 0) is 29.3 Å². The number of aromatic nitrogens is 3. The highest BCUT2D eigenvalue weighted by Gasteiger charge is 2.29. The molecule has 1 aliphatic rings. The van der Waals surface area contributed by atoms with Gasteiger partial charge < -0.3 is 19.4 Å². The third kappa shape index (κ3) is 5.99. The van der Waals surface area contributed by atoms with Crippen molar-refractivity contribution >= 4 is 27.8 Å². The first-order valence-electron chi connectivity index (χ1n) is 13.8. The van der Waals surface area contributed by atoms with Crippen molar-refractivity contribution in [2.45, 2.75) is 78.2 Å². The molecule has 38 heavy (non-hydrogen) atoms. The summed E-state index contributed by atoms with van der Waals surface area (Å²) in [5, 5.41) is 4.31. The van der Waals surface area contributed by atoms with Gasteiger partial charge in [0.25, 0.3) is 0 Å². The highest BCUT2D eigenvalue weighted by Crippen LogP contribution is 2.30. The Hall–Kier alpha value is -3.45. The van der Waals surface area contributed by atoms with Crippen LogP contribution in [0.4, 0.5) is 0 Å². The van der Waals surface area contributed by atoms with Gasteiger partial charge in [0, 0.05) is 24.5 Å². The van der Waals surface area contributed by atoms with E-state index in [2.05, 4.69) is 40.8 Å². The Morgan fingerprint density at radius 3 is 2.61 bits per heavy atom. The van der Waals surface area contributed by atoms with Crippen molar-refractivity contribution in [2.24, 2.45) is 5.92 Å². The van der Waals surface area contributed by atoms with Crippen molar-refractivity contribution in [3.63, 3.8) is 0 Å². The van der Waals surface area contributed by atoms with Crippen molar-refractivity contribution in [2.75, 3.05) is 6.61 Å². The van der Waals surface area contributed by atoms with Crippen molar-refractivity contribution in [3.05, 3.63) is 66.1 Å². The molecule has 0 atom stereocenters. The van der Waals surface area contributed by atoms with Crippen molar-refractivity contribution in [1.29, 1.82) is 0 Å². The van der Waals surface area contributed by atoms with Crippen molar-refractivity contribution in [1.82, 2.24) is 19.9 Å². The van der Waals surface area contributed by atoms with Gasteiger partial charge in [-0.25, -0.2) is 4.98 Å². The first kappa shape index (κ1) is 26.2. The maximum absolute atomic E-state index is 13.1. The lowest BCUT2D eigenvalue weighted by Gasteiger charge is -2.31. The summed E-state index contributed by atoms with van der Waals surface area (Å²) in [6.07, 6.45) is 7.28. The van der Waals surface area contributed by atoms with Gasteiger partial charge >= 0.3 is 0 Å². The van der Waals surface area contributed by atoms with Gasteiger partial charge in [0.2, 0.25) is 5.91 Å². The van der Waals surface area contributed by atoms with Crippen LogP contribution in [0.25, 0.3) is 21.9 Å². The first-order valence-corrected chi connectivity index (χ1v) is 13.8. The SMILES string of the molecule is CCOCc1nc2cnc3ccc(OCc4ccccc4)cc3c2n1CC(C)(C)NC(=O)C1CCCCC1. The number of ether oxygens (including phenoxy) is 2. The molecule has 0 spiro atoms. The lowest BCUT2D eigenvalue weighted by molar-refractivity contribution is -0.127. The van der Waals surface area contributed by atoms with Gasteiger partial charge in [-0.1, -0.05) is 49.6 Å². The van der Waals surface area contributed by atoms with Gasteiger partial charge in [-0.3, -0.25) is 9.78 Å². The van der Waals surface area contributed by atoms with Gasteiger partial charge in [-0.05, 0) is 57.4 Å². The Morgan fingerprint density at radius 2 is 1.84 bits per heavy atom. The number of carbonyl (C=O) groups is 1. The molecule has 1 saturated carbocycles. The molecular formula is C31H38N4O3. The number of rotatable bonds is 10. The molecule has 2 aromatic heterocycles. The maximum Gasteiger partial charge on any atom is 0.223 e. The van der Waals surface area contributed by atoms with Gasteiger partial charge in [-0.2, -0.15) is 0 Å². The molecule has 7 nitrogen and oxygen atoms in total. The second-order valence-corrected chi connectivity index (χ2v) is 10.9. The molecule has 1 aliphatic carbocycles. The molecule has 2 heterocycles. The number of imidazole rings is 1. The summed E-state index contributed by atoms with van der Waals surface area (Å²) in [6, 6.07) is 16.1. The van der Waals surface area contributed by atoms with Crippen molar-refractivity contribution < 1.29 is 14.3 Å². The Morgan fingerprint density at radius 1 is 1.05 bits per heavy atom. The summed E-state index contributed by atoms with van der Waals surface area (Å²) >= 11 is 0. The molecule has 7 heteroatoms. The third-order valence-electron chi connectivity index (χ3n) is 7.30. The van der Waals surface area contributed by atoms with Crippen LogP contribution in [0.2, 0.25) is 0 Å². The minimum atomic E-state index is -0.472. The van der Waals surface area contributed by atoms with Crippen LogP contribution in [0.5, 0.6) is 5.75 Å². The zero-order valence-corrected chi connectivity index (χ0v) is 22.7. The topological polar surface area (TPSA) is 78.3 Å². The van der Waals surface area contributed by atoms with Crippen LogP contribution >= 0.6 is 0 Å². The highest BCUT2D eigenvalue weighted by atomic mass is 16.5. The number of nitrogens with zero attached hydrogens (tertiary/aromatic N) is 3. The molecule has 1 N–H and O–H groups in total. The molecule has 1 fully saturated rings. The minimum absolute atomic E-state index is 0.111. The van der Waals surface area contributed by atoms with Crippen LogP contribution in [0.3, 0.4) is 0 Å². The zero-order valence-electron chi connectivity index (χ0n) is 22.7. The number of benzene rings is 2. The normalized spacial score (nSPS) is 14.7. The summed E-state index contributed by atoms with van der Waals surface area (Å²) < 4.78 is 14.1. The van der Waals surface area contributed by atoms with E-state index in [1.807, 2.05) is 49.5 Å². The summed E-state index contributed by atoms with van der Waals surface area (Å²) in [7, 11) is 0. The quantitative estimate of drug-likeness (QED) is 0.274. The van der Waals surface area contributed by atoms with Gasteiger partial charge in [0.15, 0.2) is 0 Å². The van der Waals surface area contributed by atoms with Crippen LogP contribution in [0, 0.1) is 5.92 Å². The zero-order chi connectivity index (χ0) is 26.5. The number of hydrogen-bond donors (Lipinski definition) is 1. The standard InChI is InChI=1S/C31H38N4O3/c1-4-37-20-28-33-27-18-32-26-16-15-24(38-19-22-11-7-5-8-12-22)17-25(26)29(27)35(28)21-31(2,3)34-30(36)23-13-9-6-10-14-23/h5,7-8,11-12,15-18,23H,4,6,9-10,13-14,19-21H2,1-3H3,(H,34,36). The average Bonchev–Trinajstić information content (AvgIpc) is 3.28. The molecule has 1 amide bonds. The fourth-order valence-electron chi connectivity index (χ4n) is 5.38. The molecule has 0 bridgehead atoms. The van der Waals surface area contributed by atoms with E-state index in [1.54, 1.807) is 0 Å². The van der Waals surface area contributed by atoms with Gasteiger partial charge in [0.05, 0.1) is 22.8 Å². The van der Waals surface area contributed by atoms with E-state index in [0.717, 1.165) is 64.8 Å². The Bertz CT molecular complexity index is 1390. The predicted octanol–water partition coefficient (Wildman–Crippen LogP) is 6.18. The molecule has 0 saturated heterocycles. The Balaban J connectivity index is 1.48. The van der Waals surface area contributed by atoms with E-state index in [0.29, 0.717) is 26.4 Å². The summed E-state index contributed by atoms with van der Waals surface area (Å²) in [6.45, 7) is 8.20. The van der Waals surface area contributed by atoms with Gasteiger partial charge in [0.1, 0.15) is 30.3 Å². The van der Waals surface area contributed by atoms with E-state index in [9.17, 15) is 4.79 Å². The summed E-state index contributed by atoms with van der Waals surface area (Å²) in [4.78, 5) is 22.7. The lowest BCUT2D eigenvalue weighted by atomic mass is 9.88. The predicted molar refractivity (Wildman–Crippen MR) is 150 cm³/mol. The highest BCUT2D eigenvalue weighted by molar-refractivity contribution is 6.03. The Labute approximate surface area is 224 Å². The van der Waals surface area contributed by atoms with E-state index in [4.69, 9.17) is 14.5 Å². The van der Waals surface area contributed by atoms with E-state index in [-0.39, 0.29) is 11.8 Å². The average molecular weight is 515 g/mol. The van der Waals surface area contributed by atoms with Crippen LogP contribution in [0.1, 0.15) is 64.3 Å². The van der Waals surface area contributed by atoms with Gasteiger partial charge in [-0.15, -0.1) is 0 Å². The number of carbonyl (C=O) groups excluding carboxylic acids is 1.